The molecular weight excluding hydrogens is 192 g/mol. The largest absolute Gasteiger partial charge is 0.462 e. The van der Waals surface area contributed by atoms with Crippen molar-refractivity contribution in [3.8, 4) is 0 Å². The fraction of sp³-hybridized carbons (Fsp3) is 0.417. The molecule has 3 heteroatoms. The van der Waals surface area contributed by atoms with Crippen LogP contribution in [-0.4, -0.2) is 25.3 Å². The topological polar surface area (TPSA) is 38.8 Å². The zero-order valence-electron chi connectivity index (χ0n) is 8.73. The summed E-state index contributed by atoms with van der Waals surface area (Å²) in [6, 6.07) is 7.54. The number of esters is 1. The fourth-order valence-corrected chi connectivity index (χ4v) is 1.54. The first-order valence-corrected chi connectivity index (χ1v) is 5.18. The van der Waals surface area contributed by atoms with Gasteiger partial charge in [-0.05, 0) is 18.6 Å². The van der Waals surface area contributed by atoms with E-state index in [4.69, 9.17) is 9.47 Å². The predicted molar refractivity (Wildman–Crippen MR) is 55.8 cm³/mol. The number of rotatable bonds is 4. The van der Waals surface area contributed by atoms with E-state index in [9.17, 15) is 4.79 Å². The Kier molecular flexibility index (Phi) is 3.02. The lowest BCUT2D eigenvalue weighted by atomic mass is 10.0. The van der Waals surface area contributed by atoms with Gasteiger partial charge in [0.15, 0.2) is 0 Å². The van der Waals surface area contributed by atoms with Crippen LogP contribution in [-0.2, 0) is 15.9 Å². The summed E-state index contributed by atoms with van der Waals surface area (Å²) in [5, 5.41) is 0. The molecule has 1 atom stereocenters. The van der Waals surface area contributed by atoms with E-state index < -0.39 is 0 Å². The van der Waals surface area contributed by atoms with Crippen LogP contribution in [0.15, 0.2) is 24.3 Å². The summed E-state index contributed by atoms with van der Waals surface area (Å²) in [7, 11) is 0. The maximum Gasteiger partial charge on any atom is 0.338 e. The number of hydrogen-bond acceptors (Lipinski definition) is 3. The van der Waals surface area contributed by atoms with Gasteiger partial charge in [0, 0.05) is 6.42 Å². The van der Waals surface area contributed by atoms with Crippen molar-refractivity contribution in [1.29, 1.82) is 0 Å². The molecule has 1 aliphatic rings. The van der Waals surface area contributed by atoms with Crippen LogP contribution < -0.4 is 0 Å². The van der Waals surface area contributed by atoms with Crippen LogP contribution in [0.3, 0.4) is 0 Å². The fourth-order valence-electron chi connectivity index (χ4n) is 1.54. The highest BCUT2D eigenvalue weighted by Crippen LogP contribution is 2.19. The molecule has 3 nitrogen and oxygen atoms in total. The lowest BCUT2D eigenvalue weighted by molar-refractivity contribution is 0.0525. The van der Waals surface area contributed by atoms with E-state index in [1.165, 1.54) is 0 Å². The molecule has 0 N–H and O–H groups in total. The number of hydrogen-bond donors (Lipinski definition) is 0. The van der Waals surface area contributed by atoms with Crippen molar-refractivity contribution >= 4 is 5.97 Å². The van der Waals surface area contributed by atoms with Crippen molar-refractivity contribution in [2.75, 3.05) is 13.2 Å². The molecule has 1 unspecified atom stereocenters. The smallest absolute Gasteiger partial charge is 0.338 e. The van der Waals surface area contributed by atoms with Crippen molar-refractivity contribution in [3.63, 3.8) is 0 Å². The van der Waals surface area contributed by atoms with Gasteiger partial charge in [0.25, 0.3) is 0 Å². The summed E-state index contributed by atoms with van der Waals surface area (Å²) in [6.45, 7) is 3.02. The predicted octanol–water partition coefficient (Wildman–Crippen LogP) is 1.80. The Labute approximate surface area is 89.0 Å². The first-order chi connectivity index (χ1) is 7.31. The standard InChI is InChI=1S/C12H14O3/c1-2-14-12(13)11-6-4-3-5-9(11)7-10-8-15-10/h3-6,10H,2,7-8H2,1H3. The monoisotopic (exact) mass is 206 g/mol. The number of carbonyl (C=O) groups is 1. The molecule has 0 aromatic heterocycles. The third kappa shape index (κ3) is 2.57. The van der Waals surface area contributed by atoms with Crippen LogP contribution in [0.2, 0.25) is 0 Å². The van der Waals surface area contributed by atoms with Crippen LogP contribution in [0.5, 0.6) is 0 Å². The Hall–Kier alpha value is -1.35. The van der Waals surface area contributed by atoms with E-state index in [0.29, 0.717) is 18.3 Å². The van der Waals surface area contributed by atoms with Gasteiger partial charge in [-0.2, -0.15) is 0 Å². The zero-order valence-corrected chi connectivity index (χ0v) is 8.73. The molecule has 2 rings (SSSR count). The van der Waals surface area contributed by atoms with Crippen LogP contribution in [0.25, 0.3) is 0 Å². The molecular formula is C12H14O3. The molecule has 1 fully saturated rings. The average molecular weight is 206 g/mol. The second-order valence-corrected chi connectivity index (χ2v) is 3.54. The van der Waals surface area contributed by atoms with Crippen molar-refractivity contribution in [2.45, 2.75) is 19.4 Å². The van der Waals surface area contributed by atoms with Crippen molar-refractivity contribution < 1.29 is 14.3 Å². The summed E-state index contributed by atoms with van der Waals surface area (Å²) in [5.74, 6) is -0.242. The molecule has 0 bridgehead atoms. The SMILES string of the molecule is CCOC(=O)c1ccccc1CC1CO1. The second kappa shape index (κ2) is 4.45. The van der Waals surface area contributed by atoms with Crippen LogP contribution in [0.1, 0.15) is 22.8 Å². The van der Waals surface area contributed by atoms with Crippen molar-refractivity contribution in [2.24, 2.45) is 0 Å². The van der Waals surface area contributed by atoms with Gasteiger partial charge in [0.1, 0.15) is 0 Å². The molecule has 0 spiro atoms. The van der Waals surface area contributed by atoms with Crippen molar-refractivity contribution in [3.05, 3.63) is 35.4 Å². The minimum Gasteiger partial charge on any atom is -0.462 e. The normalized spacial score (nSPS) is 18.6. The van der Waals surface area contributed by atoms with E-state index in [2.05, 4.69) is 0 Å². The zero-order chi connectivity index (χ0) is 10.7. The van der Waals surface area contributed by atoms with Gasteiger partial charge in [-0.25, -0.2) is 4.79 Å². The Morgan fingerprint density at radius 3 is 2.93 bits per heavy atom. The molecule has 0 radical (unpaired) electrons. The second-order valence-electron chi connectivity index (χ2n) is 3.54. The molecule has 80 valence electrons. The number of carbonyl (C=O) groups excluding carboxylic acids is 1. The molecule has 0 amide bonds. The molecule has 0 aliphatic carbocycles. The van der Waals surface area contributed by atoms with Gasteiger partial charge in [0.05, 0.1) is 24.9 Å². The van der Waals surface area contributed by atoms with Crippen LogP contribution >= 0.6 is 0 Å². The Morgan fingerprint density at radius 2 is 2.27 bits per heavy atom. The summed E-state index contributed by atoms with van der Waals surface area (Å²) < 4.78 is 10.1. The van der Waals surface area contributed by atoms with E-state index in [1.54, 1.807) is 6.07 Å². The van der Waals surface area contributed by atoms with Crippen LogP contribution in [0, 0.1) is 0 Å². The number of epoxide rings is 1. The molecule has 1 saturated heterocycles. The minimum atomic E-state index is -0.242. The third-order valence-electron chi connectivity index (χ3n) is 2.36. The van der Waals surface area contributed by atoms with Crippen molar-refractivity contribution in [1.82, 2.24) is 0 Å². The maximum absolute atomic E-state index is 11.6. The third-order valence-corrected chi connectivity index (χ3v) is 2.36. The van der Waals surface area contributed by atoms with Gasteiger partial charge in [-0.3, -0.25) is 0 Å². The maximum atomic E-state index is 11.6. The molecule has 1 aliphatic heterocycles. The highest BCUT2D eigenvalue weighted by molar-refractivity contribution is 5.91. The molecule has 0 saturated carbocycles. The van der Waals surface area contributed by atoms with Gasteiger partial charge in [-0.1, -0.05) is 18.2 Å². The Morgan fingerprint density at radius 1 is 1.53 bits per heavy atom. The minimum absolute atomic E-state index is 0.242. The number of ether oxygens (including phenoxy) is 2. The highest BCUT2D eigenvalue weighted by atomic mass is 16.6. The lowest BCUT2D eigenvalue weighted by Crippen LogP contribution is -2.09. The van der Waals surface area contributed by atoms with Gasteiger partial charge in [0.2, 0.25) is 0 Å². The van der Waals surface area contributed by atoms with E-state index in [1.807, 2.05) is 25.1 Å². The summed E-state index contributed by atoms with van der Waals surface area (Å²) in [6.07, 6.45) is 1.09. The van der Waals surface area contributed by atoms with Gasteiger partial charge in [-0.15, -0.1) is 0 Å². The van der Waals surface area contributed by atoms with E-state index in [-0.39, 0.29) is 5.97 Å². The molecule has 1 heterocycles. The summed E-state index contributed by atoms with van der Waals surface area (Å²) >= 11 is 0. The average Bonchev–Trinajstić information content (AvgIpc) is 3.03. The van der Waals surface area contributed by atoms with Crippen LogP contribution in [0.4, 0.5) is 0 Å². The molecule has 15 heavy (non-hydrogen) atoms. The Bertz CT molecular complexity index is 356. The molecule has 1 aromatic rings. The molecule has 1 aromatic carbocycles. The first kappa shape index (κ1) is 10.2. The summed E-state index contributed by atoms with van der Waals surface area (Å²) in [4.78, 5) is 11.6. The summed E-state index contributed by atoms with van der Waals surface area (Å²) in [5.41, 5.74) is 1.67. The highest BCUT2D eigenvalue weighted by Gasteiger charge is 2.25. The first-order valence-electron chi connectivity index (χ1n) is 5.18. The van der Waals surface area contributed by atoms with E-state index >= 15 is 0 Å². The quantitative estimate of drug-likeness (QED) is 0.557. The van der Waals surface area contributed by atoms with Gasteiger partial charge < -0.3 is 9.47 Å². The Balaban J connectivity index is 2.16. The van der Waals surface area contributed by atoms with E-state index in [0.717, 1.165) is 18.6 Å². The number of benzene rings is 1. The van der Waals surface area contributed by atoms with Gasteiger partial charge >= 0.3 is 5.97 Å². The lowest BCUT2D eigenvalue weighted by Gasteiger charge is -2.06.